The van der Waals surface area contributed by atoms with Crippen LogP contribution in [0, 0.1) is 12.3 Å². The Balaban J connectivity index is 2.39. The topological polar surface area (TPSA) is 23.5 Å². The predicted molar refractivity (Wildman–Crippen MR) is 45.1 cm³/mol. The first-order valence-corrected chi connectivity index (χ1v) is 4.17. The van der Waals surface area contributed by atoms with E-state index in [1.54, 1.807) is 0 Å². The second-order valence-corrected chi connectivity index (χ2v) is 3.01. The summed E-state index contributed by atoms with van der Waals surface area (Å²) in [5.41, 5.74) is 0. The molecule has 0 saturated carbocycles. The van der Waals surface area contributed by atoms with Gasteiger partial charge in [0.15, 0.2) is 0 Å². The lowest BCUT2D eigenvalue weighted by atomic mass is 10.0. The monoisotopic (exact) mass is 153 g/mol. The lowest BCUT2D eigenvalue weighted by molar-refractivity contribution is 0.103. The zero-order valence-corrected chi connectivity index (χ0v) is 6.79. The number of hydrogen-bond acceptors (Lipinski definition) is 2. The van der Waals surface area contributed by atoms with Gasteiger partial charge in [0, 0.05) is 6.04 Å². The lowest BCUT2D eigenvalue weighted by Gasteiger charge is -2.32. The molecule has 1 aliphatic heterocycles. The molecule has 0 aliphatic carbocycles. The van der Waals surface area contributed by atoms with Crippen LogP contribution in [-0.2, 0) is 0 Å². The molecule has 1 heterocycles. The summed E-state index contributed by atoms with van der Waals surface area (Å²) in [4.78, 5) is 2.18. The maximum absolute atomic E-state index is 8.98. The Morgan fingerprint density at radius 2 is 2.36 bits per heavy atom. The Labute approximate surface area is 68.2 Å². The molecule has 1 saturated heterocycles. The Bertz CT molecular complexity index is 150. The first-order chi connectivity index (χ1) is 5.38. The number of terminal acetylenes is 1. The van der Waals surface area contributed by atoms with E-state index in [2.05, 4.69) is 10.8 Å². The average molecular weight is 153 g/mol. The highest BCUT2D eigenvalue weighted by atomic mass is 16.3. The Morgan fingerprint density at radius 3 is 3.00 bits per heavy atom. The number of aliphatic hydroxyl groups is 1. The van der Waals surface area contributed by atoms with Crippen molar-refractivity contribution in [3.05, 3.63) is 0 Å². The number of hydrogen-bond donors (Lipinski definition) is 1. The average Bonchev–Trinajstić information content (AvgIpc) is 2.06. The summed E-state index contributed by atoms with van der Waals surface area (Å²) >= 11 is 0. The molecule has 1 rings (SSSR count). The summed E-state index contributed by atoms with van der Waals surface area (Å²) in [5, 5.41) is 8.98. The molecule has 0 bridgehead atoms. The third-order valence-electron chi connectivity index (χ3n) is 2.25. The summed E-state index contributed by atoms with van der Waals surface area (Å²) in [6.45, 7) is 1.99. The van der Waals surface area contributed by atoms with E-state index in [1.165, 1.54) is 12.8 Å². The lowest BCUT2D eigenvalue weighted by Crippen LogP contribution is -2.41. The van der Waals surface area contributed by atoms with Crippen molar-refractivity contribution in [3.8, 4) is 12.3 Å². The van der Waals surface area contributed by atoms with Gasteiger partial charge in [-0.3, -0.25) is 4.90 Å². The van der Waals surface area contributed by atoms with E-state index in [4.69, 9.17) is 11.5 Å². The van der Waals surface area contributed by atoms with E-state index in [0.29, 0.717) is 12.6 Å². The van der Waals surface area contributed by atoms with E-state index < -0.39 is 0 Å². The predicted octanol–water partition coefficient (Wildman–Crippen LogP) is 0.466. The first kappa shape index (κ1) is 8.58. The quantitative estimate of drug-likeness (QED) is 0.583. The highest BCUT2D eigenvalue weighted by Gasteiger charge is 2.19. The van der Waals surface area contributed by atoms with Gasteiger partial charge in [0.05, 0.1) is 13.2 Å². The Hall–Kier alpha value is -0.520. The largest absolute Gasteiger partial charge is 0.395 e. The molecule has 0 aromatic rings. The number of nitrogens with zero attached hydrogens (tertiary/aromatic N) is 1. The molecule has 0 unspecified atom stereocenters. The van der Waals surface area contributed by atoms with Crippen LogP contribution in [-0.4, -0.2) is 35.7 Å². The van der Waals surface area contributed by atoms with Gasteiger partial charge in [-0.05, 0) is 19.4 Å². The number of aliphatic hydroxyl groups excluding tert-OH is 1. The van der Waals surface area contributed by atoms with Crippen LogP contribution in [0.5, 0.6) is 0 Å². The van der Waals surface area contributed by atoms with Gasteiger partial charge in [-0.1, -0.05) is 12.3 Å². The molecule has 0 aromatic carbocycles. The Morgan fingerprint density at radius 1 is 1.55 bits per heavy atom. The van der Waals surface area contributed by atoms with Gasteiger partial charge in [0.25, 0.3) is 0 Å². The van der Waals surface area contributed by atoms with Crippen molar-refractivity contribution in [2.24, 2.45) is 0 Å². The summed E-state index contributed by atoms with van der Waals surface area (Å²) in [6, 6.07) is 0.319. The minimum absolute atomic E-state index is 0.252. The van der Waals surface area contributed by atoms with Gasteiger partial charge in [0.1, 0.15) is 0 Å². The molecule has 62 valence electrons. The molecular formula is C9H15NO. The van der Waals surface area contributed by atoms with Crippen molar-refractivity contribution < 1.29 is 5.11 Å². The van der Waals surface area contributed by atoms with E-state index >= 15 is 0 Å². The van der Waals surface area contributed by atoms with Gasteiger partial charge < -0.3 is 5.11 Å². The highest BCUT2D eigenvalue weighted by Crippen LogP contribution is 2.15. The summed E-state index contributed by atoms with van der Waals surface area (Å²) in [6.07, 6.45) is 8.75. The first-order valence-electron chi connectivity index (χ1n) is 4.17. The maximum Gasteiger partial charge on any atom is 0.0602 e. The fraction of sp³-hybridized carbons (Fsp3) is 0.778. The van der Waals surface area contributed by atoms with Gasteiger partial charge in [-0.2, -0.15) is 0 Å². The number of piperidine rings is 1. The summed E-state index contributed by atoms with van der Waals surface area (Å²) < 4.78 is 0. The zero-order valence-electron chi connectivity index (χ0n) is 6.79. The zero-order chi connectivity index (χ0) is 8.10. The second-order valence-electron chi connectivity index (χ2n) is 3.01. The van der Waals surface area contributed by atoms with Gasteiger partial charge in [0.2, 0.25) is 0 Å². The second kappa shape index (κ2) is 4.38. The van der Waals surface area contributed by atoms with Crippen LogP contribution in [0.2, 0.25) is 0 Å². The molecule has 2 nitrogen and oxygen atoms in total. The fourth-order valence-corrected chi connectivity index (χ4v) is 1.59. The van der Waals surface area contributed by atoms with Crippen LogP contribution < -0.4 is 0 Å². The smallest absolute Gasteiger partial charge is 0.0602 e. The highest BCUT2D eigenvalue weighted by molar-refractivity contribution is 4.91. The van der Waals surface area contributed by atoms with Crippen LogP contribution >= 0.6 is 0 Å². The molecule has 1 aliphatic rings. The Kier molecular flexibility index (Phi) is 3.41. The normalized spacial score (nSPS) is 26.4. The van der Waals surface area contributed by atoms with Crippen molar-refractivity contribution in [2.45, 2.75) is 25.3 Å². The summed E-state index contributed by atoms with van der Waals surface area (Å²) in [5.74, 6) is 2.62. The standard InChI is InChI=1S/C9H15NO/c1-2-6-10-7-4-3-5-9(10)8-11/h1,9,11H,3-8H2/t9-/m1/s1. The molecule has 1 fully saturated rings. The molecule has 1 atom stereocenters. The third kappa shape index (κ3) is 2.21. The minimum atomic E-state index is 0.252. The fourth-order valence-electron chi connectivity index (χ4n) is 1.59. The molecular weight excluding hydrogens is 138 g/mol. The minimum Gasteiger partial charge on any atom is -0.395 e. The van der Waals surface area contributed by atoms with Gasteiger partial charge in [-0.25, -0.2) is 0 Å². The van der Waals surface area contributed by atoms with Crippen molar-refractivity contribution in [1.29, 1.82) is 0 Å². The van der Waals surface area contributed by atoms with Crippen molar-refractivity contribution >= 4 is 0 Å². The van der Waals surface area contributed by atoms with E-state index in [-0.39, 0.29) is 6.61 Å². The van der Waals surface area contributed by atoms with Crippen molar-refractivity contribution in [3.63, 3.8) is 0 Å². The molecule has 11 heavy (non-hydrogen) atoms. The van der Waals surface area contributed by atoms with Crippen molar-refractivity contribution in [2.75, 3.05) is 19.7 Å². The molecule has 0 aromatic heterocycles. The van der Waals surface area contributed by atoms with E-state index in [0.717, 1.165) is 13.0 Å². The van der Waals surface area contributed by atoms with Crippen LogP contribution in [0.4, 0.5) is 0 Å². The third-order valence-corrected chi connectivity index (χ3v) is 2.25. The van der Waals surface area contributed by atoms with E-state index in [9.17, 15) is 0 Å². The SMILES string of the molecule is C#CCN1CCCC[C@@H]1CO. The molecule has 2 heteroatoms. The maximum atomic E-state index is 8.98. The molecule has 0 radical (unpaired) electrons. The van der Waals surface area contributed by atoms with Crippen LogP contribution in [0.3, 0.4) is 0 Å². The van der Waals surface area contributed by atoms with Gasteiger partial charge >= 0.3 is 0 Å². The van der Waals surface area contributed by atoms with E-state index in [1.807, 2.05) is 0 Å². The van der Waals surface area contributed by atoms with Gasteiger partial charge in [-0.15, -0.1) is 6.42 Å². The number of likely N-dealkylation sites (tertiary alicyclic amines) is 1. The van der Waals surface area contributed by atoms with Crippen molar-refractivity contribution in [1.82, 2.24) is 4.90 Å². The summed E-state index contributed by atoms with van der Waals surface area (Å²) in [7, 11) is 0. The molecule has 0 spiro atoms. The molecule has 1 N–H and O–H groups in total. The number of rotatable bonds is 2. The van der Waals surface area contributed by atoms with Crippen LogP contribution in [0.25, 0.3) is 0 Å². The van der Waals surface area contributed by atoms with Crippen LogP contribution in [0.1, 0.15) is 19.3 Å². The van der Waals surface area contributed by atoms with Crippen LogP contribution in [0.15, 0.2) is 0 Å². The molecule has 0 amide bonds.